The second-order valence-electron chi connectivity index (χ2n) is 5.05. The first-order chi connectivity index (χ1) is 10.6. The van der Waals surface area contributed by atoms with E-state index >= 15 is 0 Å². The first-order valence-electron chi connectivity index (χ1n) is 6.80. The van der Waals surface area contributed by atoms with Crippen LogP contribution in [0.4, 0.5) is 5.69 Å². The van der Waals surface area contributed by atoms with Crippen LogP contribution in [-0.2, 0) is 12.8 Å². The van der Waals surface area contributed by atoms with Crippen molar-refractivity contribution in [3.8, 4) is 0 Å². The number of hydrogen-bond acceptors (Lipinski definition) is 4. The van der Waals surface area contributed by atoms with E-state index in [9.17, 15) is 14.9 Å². The average Bonchev–Trinajstić information content (AvgIpc) is 2.95. The van der Waals surface area contributed by atoms with Crippen molar-refractivity contribution in [3.05, 3.63) is 75.3 Å². The molecular weight excluding hydrogens is 282 g/mol. The van der Waals surface area contributed by atoms with E-state index in [2.05, 4.69) is 10.5 Å². The predicted molar refractivity (Wildman–Crippen MR) is 81.8 cm³/mol. The number of hydrogen-bond donors (Lipinski definition) is 1. The quantitative estimate of drug-likeness (QED) is 0.697. The molecule has 0 saturated carbocycles. The summed E-state index contributed by atoms with van der Waals surface area (Å²) < 4.78 is 0. The largest absolute Gasteiger partial charge is 0.271 e. The van der Waals surface area contributed by atoms with Gasteiger partial charge in [0.1, 0.15) is 0 Å². The molecule has 0 atom stereocenters. The molecule has 2 aromatic rings. The minimum atomic E-state index is -0.531. The summed E-state index contributed by atoms with van der Waals surface area (Å²) in [7, 11) is 0. The molecule has 1 amide bonds. The lowest BCUT2D eigenvalue weighted by Gasteiger charge is -2.01. The van der Waals surface area contributed by atoms with Crippen LogP contribution in [0.25, 0.3) is 0 Å². The zero-order chi connectivity index (χ0) is 15.5. The summed E-state index contributed by atoms with van der Waals surface area (Å²) in [5, 5.41) is 14.9. The van der Waals surface area contributed by atoms with Gasteiger partial charge in [-0.2, -0.15) is 5.10 Å². The van der Waals surface area contributed by atoms with Crippen molar-refractivity contribution in [1.29, 1.82) is 0 Å². The number of benzene rings is 2. The van der Waals surface area contributed by atoms with Crippen LogP contribution in [0.5, 0.6) is 0 Å². The number of nitro benzene ring substituents is 1. The molecule has 3 rings (SSSR count). The van der Waals surface area contributed by atoms with Gasteiger partial charge >= 0.3 is 0 Å². The molecule has 1 N–H and O–H groups in total. The van der Waals surface area contributed by atoms with Crippen LogP contribution < -0.4 is 5.43 Å². The molecule has 0 aromatic heterocycles. The maximum absolute atomic E-state index is 12.0. The molecule has 0 saturated heterocycles. The highest BCUT2D eigenvalue weighted by Crippen LogP contribution is 2.19. The summed E-state index contributed by atoms with van der Waals surface area (Å²) >= 11 is 0. The lowest BCUT2D eigenvalue weighted by atomic mass is 10.1. The van der Waals surface area contributed by atoms with Crippen LogP contribution in [0, 0.1) is 10.1 Å². The lowest BCUT2D eigenvalue weighted by molar-refractivity contribution is -0.384. The maximum Gasteiger partial charge on any atom is 0.271 e. The standard InChI is InChI=1S/C16H13N3O3/c20-16(13-6-3-7-15(10-13)19(21)22)18-17-14-8-11-4-1-2-5-12(11)9-14/h1-7,10H,8-9H2,(H,18,20). The third-order valence-corrected chi connectivity index (χ3v) is 3.54. The van der Waals surface area contributed by atoms with E-state index in [1.54, 1.807) is 0 Å². The van der Waals surface area contributed by atoms with Gasteiger partial charge in [-0.3, -0.25) is 14.9 Å². The van der Waals surface area contributed by atoms with Crippen LogP contribution in [0.1, 0.15) is 21.5 Å². The van der Waals surface area contributed by atoms with Gasteiger partial charge in [-0.05, 0) is 17.2 Å². The number of non-ortho nitro benzene ring substituents is 1. The van der Waals surface area contributed by atoms with Gasteiger partial charge in [0.05, 0.1) is 4.92 Å². The molecule has 22 heavy (non-hydrogen) atoms. The molecule has 2 aromatic carbocycles. The highest BCUT2D eigenvalue weighted by atomic mass is 16.6. The SMILES string of the molecule is O=C(NN=C1Cc2ccccc2C1)c1cccc([N+](=O)[O-])c1. The molecule has 6 heteroatoms. The van der Waals surface area contributed by atoms with Crippen LogP contribution in [0.2, 0.25) is 0 Å². The summed E-state index contributed by atoms with van der Waals surface area (Å²) in [6.07, 6.45) is 1.43. The third-order valence-electron chi connectivity index (χ3n) is 3.54. The molecule has 0 bridgehead atoms. The van der Waals surface area contributed by atoms with Gasteiger partial charge in [0.15, 0.2) is 0 Å². The van der Waals surface area contributed by atoms with E-state index in [4.69, 9.17) is 0 Å². The van der Waals surface area contributed by atoms with Crippen LogP contribution >= 0.6 is 0 Å². The Morgan fingerprint density at radius 1 is 1.09 bits per heavy atom. The Morgan fingerprint density at radius 2 is 1.77 bits per heavy atom. The predicted octanol–water partition coefficient (Wildman–Crippen LogP) is 2.48. The minimum Gasteiger partial charge on any atom is -0.267 e. The number of amides is 1. The molecule has 0 aliphatic heterocycles. The van der Waals surface area contributed by atoms with Crippen molar-refractivity contribution in [2.45, 2.75) is 12.8 Å². The fraction of sp³-hybridized carbons (Fsp3) is 0.125. The van der Waals surface area contributed by atoms with Crippen molar-refractivity contribution in [2.75, 3.05) is 0 Å². The minimum absolute atomic E-state index is 0.117. The van der Waals surface area contributed by atoms with Crippen LogP contribution in [-0.4, -0.2) is 16.5 Å². The molecule has 0 fully saturated rings. The Kier molecular flexibility index (Phi) is 3.65. The molecule has 0 spiro atoms. The summed E-state index contributed by atoms with van der Waals surface area (Å²) in [6.45, 7) is 0. The highest BCUT2D eigenvalue weighted by molar-refractivity contribution is 5.97. The van der Waals surface area contributed by atoms with Gasteiger partial charge in [0, 0.05) is 36.2 Å². The first-order valence-corrected chi connectivity index (χ1v) is 6.80. The van der Waals surface area contributed by atoms with E-state index in [0.717, 1.165) is 5.71 Å². The Balaban J connectivity index is 1.70. The number of carbonyl (C=O) groups excluding carboxylic acids is 1. The van der Waals surface area contributed by atoms with Crippen molar-refractivity contribution >= 4 is 17.3 Å². The highest BCUT2D eigenvalue weighted by Gasteiger charge is 2.17. The van der Waals surface area contributed by atoms with Crippen molar-refractivity contribution < 1.29 is 9.72 Å². The Morgan fingerprint density at radius 3 is 2.41 bits per heavy atom. The summed E-state index contributed by atoms with van der Waals surface area (Å²) in [6, 6.07) is 13.6. The molecule has 0 heterocycles. The number of nitrogens with one attached hydrogen (secondary N) is 1. The Labute approximate surface area is 126 Å². The van der Waals surface area contributed by atoms with Crippen LogP contribution in [0.3, 0.4) is 0 Å². The van der Waals surface area contributed by atoms with Gasteiger partial charge in [-0.15, -0.1) is 0 Å². The summed E-state index contributed by atoms with van der Waals surface area (Å²) in [4.78, 5) is 22.2. The lowest BCUT2D eigenvalue weighted by Crippen LogP contribution is -2.20. The van der Waals surface area contributed by atoms with Gasteiger partial charge in [-0.1, -0.05) is 30.3 Å². The fourth-order valence-electron chi connectivity index (χ4n) is 2.44. The number of nitro groups is 1. The number of rotatable bonds is 3. The van der Waals surface area contributed by atoms with Crippen molar-refractivity contribution in [2.24, 2.45) is 5.10 Å². The van der Waals surface area contributed by atoms with Crippen LogP contribution in [0.15, 0.2) is 53.6 Å². The van der Waals surface area contributed by atoms with Gasteiger partial charge in [0.25, 0.3) is 11.6 Å². The normalized spacial score (nSPS) is 12.6. The van der Waals surface area contributed by atoms with E-state index < -0.39 is 10.8 Å². The number of hydrazone groups is 1. The molecule has 110 valence electrons. The van der Waals surface area contributed by atoms with E-state index in [0.29, 0.717) is 12.8 Å². The fourth-order valence-corrected chi connectivity index (χ4v) is 2.44. The zero-order valence-electron chi connectivity index (χ0n) is 11.7. The monoisotopic (exact) mass is 295 g/mol. The molecule has 0 unspecified atom stereocenters. The van der Waals surface area contributed by atoms with Crippen molar-refractivity contribution in [3.63, 3.8) is 0 Å². The Hall–Kier alpha value is -3.02. The van der Waals surface area contributed by atoms with Gasteiger partial charge < -0.3 is 0 Å². The molecule has 0 radical (unpaired) electrons. The molecule has 1 aliphatic carbocycles. The maximum atomic E-state index is 12.0. The first kappa shape index (κ1) is 13.9. The van der Waals surface area contributed by atoms with Gasteiger partial charge in [0.2, 0.25) is 0 Å². The second-order valence-corrected chi connectivity index (χ2v) is 5.05. The van der Waals surface area contributed by atoms with E-state index in [-0.39, 0.29) is 11.3 Å². The van der Waals surface area contributed by atoms with E-state index in [1.807, 2.05) is 24.3 Å². The molecule has 1 aliphatic rings. The molecule has 6 nitrogen and oxygen atoms in total. The van der Waals surface area contributed by atoms with Crippen molar-refractivity contribution in [1.82, 2.24) is 5.43 Å². The summed E-state index contributed by atoms with van der Waals surface area (Å²) in [5.41, 5.74) is 5.87. The average molecular weight is 295 g/mol. The number of carbonyl (C=O) groups is 1. The number of fused-ring (bicyclic) bond motifs is 1. The zero-order valence-corrected chi connectivity index (χ0v) is 11.7. The van der Waals surface area contributed by atoms with E-state index in [1.165, 1.54) is 35.4 Å². The number of nitrogens with zero attached hydrogens (tertiary/aromatic N) is 2. The summed E-state index contributed by atoms with van der Waals surface area (Å²) in [5.74, 6) is -0.452. The smallest absolute Gasteiger partial charge is 0.267 e. The van der Waals surface area contributed by atoms with Gasteiger partial charge in [-0.25, -0.2) is 5.43 Å². The topological polar surface area (TPSA) is 84.6 Å². The third kappa shape index (κ3) is 2.85. The second kappa shape index (κ2) is 5.77. The molecular formula is C16H13N3O3. The Bertz CT molecular complexity index is 757.